The molecular formula is C12H13BrClN3O. The lowest BCUT2D eigenvalue weighted by Gasteiger charge is -2.09. The van der Waals surface area contributed by atoms with Crippen LogP contribution >= 0.6 is 27.5 Å². The van der Waals surface area contributed by atoms with Crippen molar-refractivity contribution in [1.29, 1.82) is 0 Å². The van der Waals surface area contributed by atoms with Gasteiger partial charge in [0.1, 0.15) is 16.2 Å². The second-order valence-electron chi connectivity index (χ2n) is 3.78. The second kappa shape index (κ2) is 5.30. The van der Waals surface area contributed by atoms with Gasteiger partial charge in [-0.05, 0) is 34.1 Å². The number of hydrogen-bond acceptors (Lipinski definition) is 3. The predicted octanol–water partition coefficient (Wildman–Crippen LogP) is 2.97. The fraction of sp³-hybridized carbons (Fsp3) is 0.250. The van der Waals surface area contributed by atoms with Crippen molar-refractivity contribution in [1.82, 2.24) is 9.55 Å². The zero-order valence-electron chi connectivity index (χ0n) is 10.1. The molecule has 4 nitrogen and oxygen atoms in total. The third-order valence-corrected chi connectivity index (χ3v) is 3.62. The predicted molar refractivity (Wildman–Crippen MR) is 75.8 cm³/mol. The topological polar surface area (TPSA) is 53.1 Å². The van der Waals surface area contributed by atoms with E-state index in [9.17, 15) is 0 Å². The van der Waals surface area contributed by atoms with Gasteiger partial charge in [-0.2, -0.15) is 0 Å². The van der Waals surface area contributed by atoms with Gasteiger partial charge in [-0.1, -0.05) is 11.6 Å². The van der Waals surface area contributed by atoms with E-state index in [0.717, 1.165) is 27.4 Å². The highest BCUT2D eigenvalue weighted by Crippen LogP contribution is 2.35. The Morgan fingerprint density at radius 1 is 1.50 bits per heavy atom. The number of nitrogens with two attached hydrogens (primary N) is 1. The van der Waals surface area contributed by atoms with Crippen LogP contribution in [0.25, 0.3) is 11.3 Å². The Kier molecular flexibility index (Phi) is 3.94. The van der Waals surface area contributed by atoms with E-state index >= 15 is 0 Å². The number of aromatic nitrogens is 2. The summed E-state index contributed by atoms with van der Waals surface area (Å²) in [4.78, 5) is 4.35. The number of hydrogen-bond donors (Lipinski definition) is 1. The lowest BCUT2D eigenvalue weighted by molar-refractivity contribution is 0.415. The first-order valence-corrected chi connectivity index (χ1v) is 6.50. The first-order chi connectivity index (χ1) is 8.58. The molecule has 96 valence electrons. The summed E-state index contributed by atoms with van der Waals surface area (Å²) < 4.78 is 7.80. The van der Waals surface area contributed by atoms with Crippen LogP contribution in [0.3, 0.4) is 0 Å². The van der Waals surface area contributed by atoms with E-state index in [1.165, 1.54) is 0 Å². The van der Waals surface area contributed by atoms with Crippen LogP contribution in [0.4, 0.5) is 0 Å². The summed E-state index contributed by atoms with van der Waals surface area (Å²) in [6, 6.07) is 5.55. The highest BCUT2D eigenvalue weighted by atomic mass is 79.9. The van der Waals surface area contributed by atoms with E-state index in [0.29, 0.717) is 11.6 Å². The summed E-state index contributed by atoms with van der Waals surface area (Å²) in [5, 5.41) is 0.613. The monoisotopic (exact) mass is 329 g/mol. The zero-order chi connectivity index (χ0) is 13.3. The average molecular weight is 331 g/mol. The normalized spacial score (nSPS) is 10.7. The maximum absolute atomic E-state index is 6.27. The molecule has 1 aromatic carbocycles. The van der Waals surface area contributed by atoms with Crippen molar-refractivity contribution in [2.24, 2.45) is 12.8 Å². The molecule has 0 amide bonds. The van der Waals surface area contributed by atoms with Crippen molar-refractivity contribution < 1.29 is 4.74 Å². The van der Waals surface area contributed by atoms with Crippen LogP contribution in [0, 0.1) is 0 Å². The van der Waals surface area contributed by atoms with E-state index in [1.807, 2.05) is 23.7 Å². The Bertz CT molecular complexity index is 583. The Balaban J connectivity index is 2.58. The minimum atomic E-state index is 0.378. The lowest BCUT2D eigenvalue weighted by atomic mass is 10.1. The van der Waals surface area contributed by atoms with Gasteiger partial charge in [-0.3, -0.25) is 0 Å². The van der Waals surface area contributed by atoms with Crippen LogP contribution in [-0.2, 0) is 13.6 Å². The number of halogens is 2. The molecule has 1 aromatic heterocycles. The fourth-order valence-corrected chi connectivity index (χ4v) is 2.74. The molecule has 0 spiro atoms. The largest absolute Gasteiger partial charge is 0.497 e. The average Bonchev–Trinajstić information content (AvgIpc) is 2.64. The van der Waals surface area contributed by atoms with Crippen LogP contribution in [-0.4, -0.2) is 16.7 Å². The Hall–Kier alpha value is -1.04. The minimum Gasteiger partial charge on any atom is -0.497 e. The molecule has 0 aliphatic rings. The molecule has 2 rings (SSSR count). The summed E-state index contributed by atoms with van der Waals surface area (Å²) in [6.45, 7) is 0.378. The highest BCUT2D eigenvalue weighted by molar-refractivity contribution is 9.10. The van der Waals surface area contributed by atoms with E-state index in [4.69, 9.17) is 22.1 Å². The van der Waals surface area contributed by atoms with E-state index < -0.39 is 0 Å². The van der Waals surface area contributed by atoms with Gasteiger partial charge in [0.2, 0.25) is 0 Å². The van der Waals surface area contributed by atoms with E-state index in [-0.39, 0.29) is 0 Å². The molecule has 0 atom stereocenters. The molecule has 0 saturated carbocycles. The highest BCUT2D eigenvalue weighted by Gasteiger charge is 2.16. The van der Waals surface area contributed by atoms with Crippen molar-refractivity contribution in [3.63, 3.8) is 0 Å². The summed E-state index contributed by atoms with van der Waals surface area (Å²) in [7, 11) is 3.52. The number of ether oxygens (including phenoxy) is 1. The smallest absolute Gasteiger partial charge is 0.132 e. The van der Waals surface area contributed by atoms with Crippen LogP contribution in [0.2, 0.25) is 5.02 Å². The maximum Gasteiger partial charge on any atom is 0.132 e. The van der Waals surface area contributed by atoms with Crippen molar-refractivity contribution in [3.05, 3.63) is 33.6 Å². The molecular weight excluding hydrogens is 318 g/mol. The molecule has 2 N–H and O–H groups in total. The first-order valence-electron chi connectivity index (χ1n) is 5.33. The molecule has 0 bridgehead atoms. The molecule has 0 aliphatic carbocycles. The SMILES string of the molecule is COc1ccc(-c2c(Br)nc(CN)n2C)c(Cl)c1. The molecule has 0 unspecified atom stereocenters. The minimum absolute atomic E-state index is 0.378. The number of rotatable bonds is 3. The van der Waals surface area contributed by atoms with Crippen molar-refractivity contribution in [2.45, 2.75) is 6.54 Å². The van der Waals surface area contributed by atoms with Crippen molar-refractivity contribution in [2.75, 3.05) is 7.11 Å². The van der Waals surface area contributed by atoms with E-state index in [2.05, 4.69) is 20.9 Å². The van der Waals surface area contributed by atoms with Gasteiger partial charge in [0.15, 0.2) is 0 Å². The zero-order valence-corrected chi connectivity index (χ0v) is 12.4. The Labute approximate surface area is 119 Å². The van der Waals surface area contributed by atoms with Crippen LogP contribution < -0.4 is 10.5 Å². The van der Waals surface area contributed by atoms with Crippen LogP contribution in [0.1, 0.15) is 5.82 Å². The van der Waals surface area contributed by atoms with Gasteiger partial charge in [-0.15, -0.1) is 0 Å². The second-order valence-corrected chi connectivity index (χ2v) is 4.93. The lowest BCUT2D eigenvalue weighted by Crippen LogP contribution is -2.05. The summed E-state index contributed by atoms with van der Waals surface area (Å²) in [6.07, 6.45) is 0. The Morgan fingerprint density at radius 3 is 2.72 bits per heavy atom. The third-order valence-electron chi connectivity index (χ3n) is 2.76. The quantitative estimate of drug-likeness (QED) is 0.941. The summed E-state index contributed by atoms with van der Waals surface area (Å²) in [5.41, 5.74) is 7.43. The van der Waals surface area contributed by atoms with E-state index in [1.54, 1.807) is 13.2 Å². The standard InChI is InChI=1S/C12H13BrClN3O/c1-17-10(6-15)16-12(13)11(17)8-4-3-7(18-2)5-9(8)14/h3-5H,6,15H2,1-2H3. The van der Waals surface area contributed by atoms with Gasteiger partial charge in [0.05, 0.1) is 24.4 Å². The Morgan fingerprint density at radius 2 is 2.22 bits per heavy atom. The van der Waals surface area contributed by atoms with Crippen molar-refractivity contribution in [3.8, 4) is 17.0 Å². The van der Waals surface area contributed by atoms with Gasteiger partial charge in [-0.25, -0.2) is 4.98 Å². The number of benzene rings is 1. The van der Waals surface area contributed by atoms with Crippen LogP contribution in [0.15, 0.2) is 22.8 Å². The fourth-order valence-electron chi connectivity index (χ4n) is 1.80. The molecule has 18 heavy (non-hydrogen) atoms. The molecule has 0 fully saturated rings. The maximum atomic E-state index is 6.27. The molecule has 0 aliphatic heterocycles. The molecule has 2 aromatic rings. The van der Waals surface area contributed by atoms with Gasteiger partial charge in [0.25, 0.3) is 0 Å². The first kappa shape index (κ1) is 13.4. The summed E-state index contributed by atoms with van der Waals surface area (Å²) in [5.74, 6) is 1.52. The molecule has 6 heteroatoms. The number of imidazole rings is 1. The third kappa shape index (κ3) is 2.25. The van der Waals surface area contributed by atoms with Gasteiger partial charge >= 0.3 is 0 Å². The molecule has 0 saturated heterocycles. The van der Waals surface area contributed by atoms with Crippen LogP contribution in [0.5, 0.6) is 5.75 Å². The van der Waals surface area contributed by atoms with Gasteiger partial charge < -0.3 is 15.0 Å². The number of methoxy groups -OCH3 is 1. The summed E-state index contributed by atoms with van der Waals surface area (Å²) >= 11 is 9.70. The molecule has 0 radical (unpaired) electrons. The number of nitrogens with zero attached hydrogens (tertiary/aromatic N) is 2. The van der Waals surface area contributed by atoms with Crippen molar-refractivity contribution >= 4 is 27.5 Å². The van der Waals surface area contributed by atoms with Gasteiger partial charge in [0, 0.05) is 12.6 Å². The molecule has 1 heterocycles.